The molecule has 0 atom stereocenters. The maximum Gasteiger partial charge on any atom is 0.224 e. The van der Waals surface area contributed by atoms with Crippen LogP contribution in [0.25, 0.3) is 5.57 Å². The van der Waals surface area contributed by atoms with Gasteiger partial charge in [-0.2, -0.15) is 0 Å². The number of benzene rings is 1. The van der Waals surface area contributed by atoms with E-state index in [1.54, 1.807) is 0 Å². The molecule has 1 heterocycles. The number of hydrogen-bond acceptors (Lipinski definition) is 3. The first-order valence-electron chi connectivity index (χ1n) is 7.70. The molecule has 1 fully saturated rings. The molecule has 3 rings (SSSR count). The van der Waals surface area contributed by atoms with E-state index in [1.165, 1.54) is 23.7 Å². The van der Waals surface area contributed by atoms with Crippen LogP contribution in [-0.4, -0.2) is 15.0 Å². The highest BCUT2D eigenvalue weighted by Crippen LogP contribution is 2.54. The van der Waals surface area contributed by atoms with E-state index in [0.29, 0.717) is 11.3 Å². The minimum atomic E-state index is -0.339. The van der Waals surface area contributed by atoms with Crippen LogP contribution in [0.5, 0.6) is 0 Å². The van der Waals surface area contributed by atoms with Crippen molar-refractivity contribution in [2.45, 2.75) is 57.6 Å². The first-order valence-corrected chi connectivity index (χ1v) is 8.51. The molecule has 1 aromatic carbocycles. The summed E-state index contributed by atoms with van der Waals surface area (Å²) in [6.07, 6.45) is 5.25. The van der Waals surface area contributed by atoms with Gasteiger partial charge in [-0.05, 0) is 50.3 Å². The molecular weight excluding hydrogens is 280 g/mol. The first kappa shape index (κ1) is 14.7. The largest absolute Gasteiger partial charge is 0.510 e. The normalized spacial score (nSPS) is 21.4. The molecule has 112 valence electrons. The lowest BCUT2D eigenvalue weighted by Gasteiger charge is -2.31. The number of thioether (sulfide) groups is 1. The third-order valence-electron chi connectivity index (χ3n) is 4.75. The van der Waals surface area contributed by atoms with Crippen LogP contribution in [0.4, 0.5) is 0 Å². The molecule has 1 aliphatic carbocycles. The lowest BCUT2D eigenvalue weighted by atomic mass is 9.83. The Balaban J connectivity index is 2.15. The summed E-state index contributed by atoms with van der Waals surface area (Å²) in [5.74, 6) is 0.340. The Morgan fingerprint density at radius 3 is 2.19 bits per heavy atom. The molecule has 0 bridgehead atoms. The summed E-state index contributed by atoms with van der Waals surface area (Å²) >= 11 is 1.36. The van der Waals surface area contributed by atoms with Crippen LogP contribution in [0.1, 0.15) is 54.4 Å². The molecular formula is C18H22O2S. The van der Waals surface area contributed by atoms with Crippen molar-refractivity contribution < 1.29 is 9.90 Å². The second kappa shape index (κ2) is 5.20. The second-order valence-electron chi connectivity index (χ2n) is 6.44. The predicted molar refractivity (Wildman–Crippen MR) is 88.6 cm³/mol. The van der Waals surface area contributed by atoms with Crippen molar-refractivity contribution in [3.63, 3.8) is 0 Å². The van der Waals surface area contributed by atoms with Crippen molar-refractivity contribution in [2.75, 3.05) is 0 Å². The Hall–Kier alpha value is -1.22. The fraction of sp³-hybridized carbons (Fsp3) is 0.500. The Morgan fingerprint density at radius 2 is 1.62 bits per heavy atom. The van der Waals surface area contributed by atoms with Crippen LogP contribution in [0.3, 0.4) is 0 Å². The topological polar surface area (TPSA) is 37.3 Å². The van der Waals surface area contributed by atoms with Crippen molar-refractivity contribution in [1.82, 2.24) is 0 Å². The summed E-state index contributed by atoms with van der Waals surface area (Å²) in [5, 5.41) is 10.9. The summed E-state index contributed by atoms with van der Waals surface area (Å²) in [6, 6.07) is 4.18. The standard InChI is InChI=1S/C18H22O2S/c1-11-9-12(2)14(13(3)10-11)15-16(19)18(21-17(15)20)7-5-4-6-8-18/h9-10,19H,4-8H2,1-3H3. The van der Waals surface area contributed by atoms with E-state index < -0.39 is 0 Å². The molecule has 1 spiro atoms. The van der Waals surface area contributed by atoms with Crippen molar-refractivity contribution in [2.24, 2.45) is 0 Å². The van der Waals surface area contributed by atoms with Crippen LogP contribution in [0.15, 0.2) is 17.9 Å². The molecule has 3 heteroatoms. The number of rotatable bonds is 1. The number of carbonyl (C=O) groups excluding carboxylic acids is 1. The molecule has 2 aliphatic rings. The summed E-state index contributed by atoms with van der Waals surface area (Å²) in [7, 11) is 0. The minimum Gasteiger partial charge on any atom is -0.510 e. The predicted octanol–water partition coefficient (Wildman–Crippen LogP) is 4.86. The summed E-state index contributed by atoms with van der Waals surface area (Å²) in [4.78, 5) is 12.6. The van der Waals surface area contributed by atoms with Crippen molar-refractivity contribution in [3.05, 3.63) is 40.1 Å². The van der Waals surface area contributed by atoms with E-state index in [1.807, 2.05) is 13.8 Å². The van der Waals surface area contributed by atoms with E-state index in [0.717, 1.165) is 42.4 Å². The molecule has 1 N–H and O–H groups in total. The number of aliphatic hydroxyl groups is 1. The highest BCUT2D eigenvalue weighted by Gasteiger charge is 2.48. The van der Waals surface area contributed by atoms with Crippen LogP contribution < -0.4 is 0 Å². The van der Waals surface area contributed by atoms with Crippen LogP contribution in [-0.2, 0) is 4.79 Å². The fourth-order valence-corrected chi connectivity index (χ4v) is 5.21. The van der Waals surface area contributed by atoms with E-state index in [2.05, 4.69) is 19.1 Å². The van der Waals surface area contributed by atoms with Crippen LogP contribution >= 0.6 is 11.8 Å². The minimum absolute atomic E-state index is 0.0458. The Labute approximate surface area is 130 Å². The number of hydrogen-bond donors (Lipinski definition) is 1. The van der Waals surface area contributed by atoms with Gasteiger partial charge in [-0.15, -0.1) is 0 Å². The van der Waals surface area contributed by atoms with Crippen molar-refractivity contribution in [3.8, 4) is 0 Å². The summed E-state index contributed by atoms with van der Waals surface area (Å²) in [6.45, 7) is 6.12. The van der Waals surface area contributed by atoms with E-state index in [9.17, 15) is 9.90 Å². The number of carbonyl (C=O) groups is 1. The van der Waals surface area contributed by atoms with Gasteiger partial charge in [-0.25, -0.2) is 0 Å². The third-order valence-corrected chi connectivity index (χ3v) is 6.13. The zero-order valence-electron chi connectivity index (χ0n) is 13.0. The monoisotopic (exact) mass is 302 g/mol. The average molecular weight is 302 g/mol. The van der Waals surface area contributed by atoms with Crippen LogP contribution in [0.2, 0.25) is 0 Å². The Bertz CT molecular complexity index is 614. The Kier molecular flexibility index (Phi) is 3.64. The molecule has 0 unspecified atom stereocenters. The highest BCUT2D eigenvalue weighted by atomic mass is 32.2. The molecule has 0 saturated heterocycles. The van der Waals surface area contributed by atoms with Crippen LogP contribution in [0, 0.1) is 20.8 Å². The van der Waals surface area contributed by atoms with Gasteiger partial charge >= 0.3 is 0 Å². The zero-order valence-corrected chi connectivity index (χ0v) is 13.8. The summed E-state index contributed by atoms with van der Waals surface area (Å²) in [5.41, 5.74) is 4.86. The molecule has 0 amide bonds. The van der Waals surface area contributed by atoms with Gasteiger partial charge in [-0.3, -0.25) is 4.79 Å². The lowest BCUT2D eigenvalue weighted by Crippen LogP contribution is -2.28. The highest BCUT2D eigenvalue weighted by molar-refractivity contribution is 8.16. The smallest absolute Gasteiger partial charge is 0.224 e. The van der Waals surface area contributed by atoms with Gasteiger partial charge < -0.3 is 5.11 Å². The second-order valence-corrected chi connectivity index (χ2v) is 7.80. The maximum absolute atomic E-state index is 12.6. The van der Waals surface area contributed by atoms with E-state index >= 15 is 0 Å². The Morgan fingerprint density at radius 1 is 1.05 bits per heavy atom. The lowest BCUT2D eigenvalue weighted by molar-refractivity contribution is -0.106. The van der Waals surface area contributed by atoms with Gasteiger partial charge in [0.2, 0.25) is 5.12 Å². The first-order chi connectivity index (χ1) is 9.94. The maximum atomic E-state index is 12.6. The van der Waals surface area contributed by atoms with E-state index in [4.69, 9.17) is 0 Å². The fourth-order valence-electron chi connectivity index (χ4n) is 3.86. The van der Waals surface area contributed by atoms with Gasteiger partial charge in [-0.1, -0.05) is 48.7 Å². The van der Waals surface area contributed by atoms with Crippen molar-refractivity contribution >= 4 is 22.5 Å². The number of aryl methyl sites for hydroxylation is 3. The van der Waals surface area contributed by atoms with Gasteiger partial charge in [0, 0.05) is 0 Å². The van der Waals surface area contributed by atoms with E-state index in [-0.39, 0.29) is 9.86 Å². The molecule has 1 saturated carbocycles. The number of aliphatic hydroxyl groups excluding tert-OH is 1. The third kappa shape index (κ3) is 2.32. The molecule has 0 aromatic heterocycles. The molecule has 2 nitrogen and oxygen atoms in total. The SMILES string of the molecule is Cc1cc(C)c(C2=C(O)C3(CCCCC3)SC2=O)c(C)c1. The summed E-state index contributed by atoms with van der Waals surface area (Å²) < 4.78 is -0.339. The van der Waals surface area contributed by atoms with Gasteiger partial charge in [0.1, 0.15) is 5.76 Å². The van der Waals surface area contributed by atoms with Gasteiger partial charge in [0.25, 0.3) is 0 Å². The van der Waals surface area contributed by atoms with Crippen molar-refractivity contribution in [1.29, 1.82) is 0 Å². The zero-order chi connectivity index (χ0) is 15.2. The quantitative estimate of drug-likeness (QED) is 0.805. The van der Waals surface area contributed by atoms with Gasteiger partial charge in [0.05, 0.1) is 10.3 Å². The molecule has 1 aromatic rings. The molecule has 1 aliphatic heterocycles. The molecule has 0 radical (unpaired) electrons. The average Bonchev–Trinajstić information content (AvgIpc) is 2.63. The molecule has 21 heavy (non-hydrogen) atoms. The van der Waals surface area contributed by atoms with Gasteiger partial charge in [0.15, 0.2) is 0 Å².